The van der Waals surface area contributed by atoms with E-state index in [2.05, 4.69) is 5.32 Å². The fourth-order valence-electron chi connectivity index (χ4n) is 1.54. The summed E-state index contributed by atoms with van der Waals surface area (Å²) in [6, 6.07) is 4.11. The first-order chi connectivity index (χ1) is 9.95. The Hall–Kier alpha value is -1.17. The average molecular weight is 348 g/mol. The lowest BCUT2D eigenvalue weighted by Gasteiger charge is -2.12. The van der Waals surface area contributed by atoms with Crippen LogP contribution in [0.15, 0.2) is 24.3 Å². The largest absolute Gasteiger partial charge is 0.480 e. The second-order valence-electron chi connectivity index (χ2n) is 4.15. The number of halogens is 2. The molecule has 0 spiro atoms. The summed E-state index contributed by atoms with van der Waals surface area (Å²) >= 11 is 13.5. The van der Waals surface area contributed by atoms with Gasteiger partial charge in [-0.15, -0.1) is 0 Å². The van der Waals surface area contributed by atoms with Crippen LogP contribution in [-0.2, 0) is 9.59 Å². The van der Waals surface area contributed by atoms with E-state index in [0.29, 0.717) is 27.8 Å². The molecule has 0 radical (unpaired) electrons. The van der Waals surface area contributed by atoms with Crippen LogP contribution in [0.5, 0.6) is 0 Å². The second-order valence-corrected chi connectivity index (χ2v) is 5.95. The summed E-state index contributed by atoms with van der Waals surface area (Å²) in [6.07, 6.45) is 4.93. The molecule has 21 heavy (non-hydrogen) atoms. The van der Waals surface area contributed by atoms with Crippen LogP contribution in [0.25, 0.3) is 6.08 Å². The van der Waals surface area contributed by atoms with Crippen molar-refractivity contribution in [3.05, 3.63) is 39.9 Å². The molecule has 7 heteroatoms. The van der Waals surface area contributed by atoms with Gasteiger partial charge in [-0.3, -0.25) is 4.79 Å². The SMILES string of the molecule is CSCC[C@H](NC(=O)/C=C/c1c(Cl)cccc1Cl)C(=O)O. The Morgan fingerprint density at radius 1 is 1.38 bits per heavy atom. The molecule has 0 saturated carbocycles. The van der Waals surface area contributed by atoms with Crippen molar-refractivity contribution in [3.8, 4) is 0 Å². The van der Waals surface area contributed by atoms with Crippen molar-refractivity contribution < 1.29 is 14.7 Å². The van der Waals surface area contributed by atoms with E-state index < -0.39 is 17.9 Å². The monoisotopic (exact) mass is 347 g/mol. The van der Waals surface area contributed by atoms with E-state index in [1.54, 1.807) is 18.2 Å². The molecular formula is C14H15Cl2NO3S. The van der Waals surface area contributed by atoms with E-state index in [4.69, 9.17) is 28.3 Å². The molecule has 1 aromatic rings. The molecule has 0 fully saturated rings. The molecule has 0 aliphatic rings. The Balaban J connectivity index is 2.71. The Morgan fingerprint density at radius 2 is 2.00 bits per heavy atom. The van der Waals surface area contributed by atoms with E-state index in [-0.39, 0.29) is 0 Å². The summed E-state index contributed by atoms with van der Waals surface area (Å²) in [5, 5.41) is 12.3. The molecule has 1 atom stereocenters. The lowest BCUT2D eigenvalue weighted by Crippen LogP contribution is -2.40. The minimum absolute atomic E-state index is 0.364. The van der Waals surface area contributed by atoms with Gasteiger partial charge >= 0.3 is 5.97 Å². The third kappa shape index (κ3) is 5.99. The molecule has 1 aromatic carbocycles. The summed E-state index contributed by atoms with van der Waals surface area (Å²) in [5.74, 6) is -0.904. The van der Waals surface area contributed by atoms with Crippen molar-refractivity contribution in [2.75, 3.05) is 12.0 Å². The third-order valence-electron chi connectivity index (χ3n) is 2.63. The smallest absolute Gasteiger partial charge is 0.326 e. The molecule has 0 bridgehead atoms. The molecular weight excluding hydrogens is 333 g/mol. The van der Waals surface area contributed by atoms with Gasteiger partial charge in [0.25, 0.3) is 0 Å². The van der Waals surface area contributed by atoms with Crippen LogP contribution in [0.1, 0.15) is 12.0 Å². The number of aliphatic carboxylic acids is 1. The lowest BCUT2D eigenvalue weighted by molar-refractivity contribution is -0.141. The van der Waals surface area contributed by atoms with Crippen LogP contribution < -0.4 is 5.32 Å². The van der Waals surface area contributed by atoms with Gasteiger partial charge in [-0.05, 0) is 36.6 Å². The van der Waals surface area contributed by atoms with Gasteiger partial charge in [0.05, 0.1) is 0 Å². The van der Waals surface area contributed by atoms with Gasteiger partial charge in [-0.25, -0.2) is 4.79 Å². The molecule has 0 aliphatic carbocycles. The number of carboxylic acids is 1. The van der Waals surface area contributed by atoms with Crippen LogP contribution in [0.2, 0.25) is 10.0 Å². The van der Waals surface area contributed by atoms with Crippen LogP contribution in [-0.4, -0.2) is 35.0 Å². The second kappa shape index (κ2) is 8.97. The van der Waals surface area contributed by atoms with Gasteiger partial charge in [-0.2, -0.15) is 11.8 Å². The van der Waals surface area contributed by atoms with Crippen molar-refractivity contribution in [2.24, 2.45) is 0 Å². The first-order valence-corrected chi connectivity index (χ1v) is 8.25. The summed E-state index contributed by atoms with van der Waals surface area (Å²) in [6.45, 7) is 0. The van der Waals surface area contributed by atoms with Crippen molar-refractivity contribution in [1.82, 2.24) is 5.32 Å². The minimum Gasteiger partial charge on any atom is -0.480 e. The molecule has 1 amide bonds. The minimum atomic E-state index is -1.05. The molecule has 1 rings (SSSR count). The number of carboxylic acid groups (broad SMARTS) is 1. The lowest BCUT2D eigenvalue weighted by atomic mass is 10.2. The fourth-order valence-corrected chi connectivity index (χ4v) is 2.54. The molecule has 0 heterocycles. The van der Waals surface area contributed by atoms with Crippen LogP contribution in [0.3, 0.4) is 0 Å². The number of carbonyl (C=O) groups excluding carboxylic acids is 1. The van der Waals surface area contributed by atoms with Crippen LogP contribution >= 0.6 is 35.0 Å². The Bertz CT molecular complexity index is 529. The average Bonchev–Trinajstić information content (AvgIpc) is 2.42. The normalized spacial score (nSPS) is 12.3. The first kappa shape index (κ1) is 17.9. The summed E-state index contributed by atoms with van der Waals surface area (Å²) in [7, 11) is 0. The Kier molecular flexibility index (Phi) is 7.64. The highest BCUT2D eigenvalue weighted by atomic mass is 35.5. The predicted octanol–water partition coefficient (Wildman–Crippen LogP) is 3.33. The molecule has 114 valence electrons. The zero-order valence-corrected chi connectivity index (χ0v) is 13.6. The molecule has 0 unspecified atom stereocenters. The number of hydrogen-bond donors (Lipinski definition) is 2. The van der Waals surface area contributed by atoms with E-state index in [1.807, 2.05) is 6.26 Å². The highest BCUT2D eigenvalue weighted by molar-refractivity contribution is 7.98. The van der Waals surface area contributed by atoms with Gasteiger partial charge in [0.1, 0.15) is 6.04 Å². The zero-order chi connectivity index (χ0) is 15.8. The van der Waals surface area contributed by atoms with Gasteiger partial charge in [0.15, 0.2) is 0 Å². The maximum absolute atomic E-state index is 11.8. The maximum atomic E-state index is 11.8. The maximum Gasteiger partial charge on any atom is 0.326 e. The molecule has 0 aromatic heterocycles. The third-order valence-corrected chi connectivity index (χ3v) is 3.93. The number of nitrogens with one attached hydrogen (secondary N) is 1. The highest BCUT2D eigenvalue weighted by Gasteiger charge is 2.18. The summed E-state index contributed by atoms with van der Waals surface area (Å²) < 4.78 is 0. The Morgan fingerprint density at radius 3 is 2.52 bits per heavy atom. The number of benzene rings is 1. The van der Waals surface area contributed by atoms with Crippen molar-refractivity contribution >= 4 is 52.9 Å². The predicted molar refractivity (Wildman–Crippen MR) is 88.1 cm³/mol. The summed E-state index contributed by atoms with van der Waals surface area (Å²) in [4.78, 5) is 22.8. The molecule has 4 nitrogen and oxygen atoms in total. The van der Waals surface area contributed by atoms with Crippen molar-refractivity contribution in [3.63, 3.8) is 0 Å². The molecule has 2 N–H and O–H groups in total. The molecule has 0 saturated heterocycles. The van der Waals surface area contributed by atoms with E-state index >= 15 is 0 Å². The van der Waals surface area contributed by atoms with Gasteiger partial charge in [0, 0.05) is 21.7 Å². The van der Waals surface area contributed by atoms with E-state index in [0.717, 1.165) is 0 Å². The zero-order valence-electron chi connectivity index (χ0n) is 11.3. The van der Waals surface area contributed by atoms with E-state index in [1.165, 1.54) is 23.9 Å². The van der Waals surface area contributed by atoms with Crippen molar-refractivity contribution in [2.45, 2.75) is 12.5 Å². The Labute approximate surface area is 137 Å². The first-order valence-electron chi connectivity index (χ1n) is 6.10. The topological polar surface area (TPSA) is 66.4 Å². The van der Waals surface area contributed by atoms with E-state index in [9.17, 15) is 9.59 Å². The summed E-state index contributed by atoms with van der Waals surface area (Å²) in [5.41, 5.74) is 0.520. The number of carbonyl (C=O) groups is 2. The standard InChI is InChI=1S/C14H15Cl2NO3S/c1-21-8-7-12(14(19)20)17-13(18)6-5-9-10(15)3-2-4-11(9)16/h2-6,12H,7-8H2,1H3,(H,17,18)(H,19,20)/b6-5+/t12-/m0/s1. The quantitative estimate of drug-likeness (QED) is 0.742. The van der Waals surface area contributed by atoms with Crippen LogP contribution in [0, 0.1) is 0 Å². The van der Waals surface area contributed by atoms with Crippen molar-refractivity contribution in [1.29, 1.82) is 0 Å². The number of rotatable bonds is 7. The number of thioether (sulfide) groups is 1. The fraction of sp³-hybridized carbons (Fsp3) is 0.286. The van der Waals surface area contributed by atoms with Gasteiger partial charge in [-0.1, -0.05) is 29.3 Å². The highest BCUT2D eigenvalue weighted by Crippen LogP contribution is 2.25. The van der Waals surface area contributed by atoms with Gasteiger partial charge < -0.3 is 10.4 Å². The number of hydrogen-bond acceptors (Lipinski definition) is 3. The van der Waals surface area contributed by atoms with Crippen LogP contribution in [0.4, 0.5) is 0 Å². The molecule has 0 aliphatic heterocycles. The van der Waals surface area contributed by atoms with Gasteiger partial charge in [0.2, 0.25) is 5.91 Å². The number of amides is 1.